The van der Waals surface area contributed by atoms with Gasteiger partial charge in [0.05, 0.1) is 6.61 Å². The molecule has 0 saturated carbocycles. The van der Waals surface area contributed by atoms with Crippen LogP contribution in [0.3, 0.4) is 0 Å². The van der Waals surface area contributed by atoms with Crippen molar-refractivity contribution >= 4 is 11.6 Å². The van der Waals surface area contributed by atoms with Crippen LogP contribution in [0.5, 0.6) is 5.75 Å². The van der Waals surface area contributed by atoms with Crippen LogP contribution in [-0.4, -0.2) is 30.5 Å². The molecule has 0 spiro atoms. The fraction of sp³-hybridized carbons (Fsp3) is 0.350. The molecule has 134 valence electrons. The molecule has 0 aliphatic carbocycles. The highest BCUT2D eigenvalue weighted by Gasteiger charge is 2.17. The molecule has 0 bridgehead atoms. The highest BCUT2D eigenvalue weighted by atomic mass is 19.1. The van der Waals surface area contributed by atoms with E-state index < -0.39 is 6.04 Å². The number of anilines is 1. The SMILES string of the molecule is CCCOc1cccc(NC(C)C(=O)N(C)Cc2cccc(F)c2)c1. The minimum absolute atomic E-state index is 0.0656. The molecule has 0 aliphatic heterocycles. The number of ether oxygens (including phenoxy) is 1. The largest absolute Gasteiger partial charge is 0.494 e. The molecule has 2 aromatic carbocycles. The Morgan fingerprint density at radius 1 is 1.24 bits per heavy atom. The molecule has 25 heavy (non-hydrogen) atoms. The van der Waals surface area contributed by atoms with Crippen LogP contribution < -0.4 is 10.1 Å². The lowest BCUT2D eigenvalue weighted by Gasteiger charge is -2.23. The Bertz CT molecular complexity index is 706. The number of benzene rings is 2. The van der Waals surface area contributed by atoms with Gasteiger partial charge in [0.1, 0.15) is 17.6 Å². The smallest absolute Gasteiger partial charge is 0.244 e. The number of halogens is 1. The third kappa shape index (κ3) is 5.78. The van der Waals surface area contributed by atoms with E-state index in [1.807, 2.05) is 31.2 Å². The number of amides is 1. The van der Waals surface area contributed by atoms with Crippen LogP contribution in [0, 0.1) is 5.82 Å². The summed E-state index contributed by atoms with van der Waals surface area (Å²) < 4.78 is 18.9. The highest BCUT2D eigenvalue weighted by molar-refractivity contribution is 5.84. The number of hydrogen-bond donors (Lipinski definition) is 1. The molecule has 2 rings (SSSR count). The molecule has 1 N–H and O–H groups in total. The first-order valence-electron chi connectivity index (χ1n) is 8.48. The molecular formula is C20H25FN2O2. The molecule has 2 aromatic rings. The lowest BCUT2D eigenvalue weighted by molar-refractivity contribution is -0.130. The Morgan fingerprint density at radius 3 is 2.72 bits per heavy atom. The highest BCUT2D eigenvalue weighted by Crippen LogP contribution is 2.19. The second kappa shape index (κ2) is 9.06. The van der Waals surface area contributed by atoms with Gasteiger partial charge < -0.3 is 15.0 Å². The first-order valence-corrected chi connectivity index (χ1v) is 8.48. The van der Waals surface area contributed by atoms with E-state index in [1.54, 1.807) is 24.1 Å². The van der Waals surface area contributed by atoms with E-state index in [2.05, 4.69) is 12.2 Å². The number of carbonyl (C=O) groups excluding carboxylic acids is 1. The summed E-state index contributed by atoms with van der Waals surface area (Å²) in [4.78, 5) is 14.1. The van der Waals surface area contributed by atoms with Crippen molar-refractivity contribution in [3.05, 3.63) is 59.9 Å². The second-order valence-corrected chi connectivity index (χ2v) is 6.07. The summed E-state index contributed by atoms with van der Waals surface area (Å²) >= 11 is 0. The van der Waals surface area contributed by atoms with Gasteiger partial charge in [-0.15, -0.1) is 0 Å². The van der Waals surface area contributed by atoms with Crippen LogP contribution in [0.4, 0.5) is 10.1 Å². The summed E-state index contributed by atoms with van der Waals surface area (Å²) in [6.45, 7) is 4.89. The van der Waals surface area contributed by atoms with Crippen LogP contribution in [-0.2, 0) is 11.3 Å². The lowest BCUT2D eigenvalue weighted by atomic mass is 10.2. The van der Waals surface area contributed by atoms with Gasteiger partial charge in [0, 0.05) is 25.3 Å². The van der Waals surface area contributed by atoms with Gasteiger partial charge in [-0.2, -0.15) is 0 Å². The lowest BCUT2D eigenvalue weighted by Crippen LogP contribution is -2.38. The number of carbonyl (C=O) groups is 1. The zero-order chi connectivity index (χ0) is 18.2. The fourth-order valence-corrected chi connectivity index (χ4v) is 2.52. The Morgan fingerprint density at radius 2 is 2.00 bits per heavy atom. The van der Waals surface area contributed by atoms with E-state index in [4.69, 9.17) is 4.74 Å². The minimum atomic E-state index is -0.403. The maximum absolute atomic E-state index is 13.3. The minimum Gasteiger partial charge on any atom is -0.494 e. The zero-order valence-corrected chi connectivity index (χ0v) is 15.0. The molecule has 0 aliphatic rings. The maximum atomic E-state index is 13.3. The van der Waals surface area contributed by atoms with E-state index in [-0.39, 0.29) is 11.7 Å². The Kier molecular flexibility index (Phi) is 6.81. The molecule has 4 nitrogen and oxygen atoms in total. The van der Waals surface area contributed by atoms with Crippen molar-refractivity contribution in [3.63, 3.8) is 0 Å². The fourth-order valence-electron chi connectivity index (χ4n) is 2.52. The van der Waals surface area contributed by atoms with Crippen LogP contribution in [0.25, 0.3) is 0 Å². The number of nitrogens with zero attached hydrogens (tertiary/aromatic N) is 1. The van der Waals surface area contributed by atoms with Gasteiger partial charge in [0.15, 0.2) is 0 Å². The number of nitrogens with one attached hydrogen (secondary N) is 1. The van der Waals surface area contributed by atoms with Gasteiger partial charge in [-0.25, -0.2) is 4.39 Å². The van der Waals surface area contributed by atoms with Gasteiger partial charge in [-0.3, -0.25) is 4.79 Å². The number of likely N-dealkylation sites (N-methyl/N-ethyl adjacent to an activating group) is 1. The molecule has 0 saturated heterocycles. The van der Waals surface area contributed by atoms with Gasteiger partial charge >= 0.3 is 0 Å². The van der Waals surface area contributed by atoms with Crippen molar-refractivity contribution in [2.75, 3.05) is 19.0 Å². The average molecular weight is 344 g/mol. The third-order valence-corrected chi connectivity index (χ3v) is 3.75. The van der Waals surface area contributed by atoms with E-state index in [0.29, 0.717) is 13.2 Å². The number of hydrogen-bond acceptors (Lipinski definition) is 3. The van der Waals surface area contributed by atoms with Crippen molar-refractivity contribution in [1.29, 1.82) is 0 Å². The molecule has 0 radical (unpaired) electrons. The molecule has 1 unspecified atom stereocenters. The van der Waals surface area contributed by atoms with Crippen molar-refractivity contribution in [1.82, 2.24) is 4.90 Å². The maximum Gasteiger partial charge on any atom is 0.244 e. The molecule has 1 atom stereocenters. The van der Waals surface area contributed by atoms with Crippen molar-refractivity contribution in [2.45, 2.75) is 32.9 Å². The first kappa shape index (κ1) is 18.8. The molecule has 0 fully saturated rings. The monoisotopic (exact) mass is 344 g/mol. The molecule has 1 amide bonds. The summed E-state index contributed by atoms with van der Waals surface area (Å²) in [5.41, 5.74) is 1.59. The number of rotatable bonds is 8. The van der Waals surface area contributed by atoms with E-state index in [0.717, 1.165) is 23.4 Å². The molecular weight excluding hydrogens is 319 g/mol. The molecule has 0 aromatic heterocycles. The standard InChI is InChI=1S/C20H25FN2O2/c1-4-11-25-19-10-6-9-18(13-19)22-15(2)20(24)23(3)14-16-7-5-8-17(21)12-16/h5-10,12-13,15,22H,4,11,14H2,1-3H3. The van der Waals surface area contributed by atoms with Gasteiger partial charge in [-0.05, 0) is 43.2 Å². The van der Waals surface area contributed by atoms with Crippen LogP contribution in [0.15, 0.2) is 48.5 Å². The Hall–Kier alpha value is -2.56. The van der Waals surface area contributed by atoms with Crippen molar-refractivity contribution in [2.24, 2.45) is 0 Å². The van der Waals surface area contributed by atoms with Gasteiger partial charge in [0.2, 0.25) is 5.91 Å². The second-order valence-electron chi connectivity index (χ2n) is 6.07. The topological polar surface area (TPSA) is 41.6 Å². The van der Waals surface area contributed by atoms with Gasteiger partial charge in [0.25, 0.3) is 0 Å². The normalized spacial score (nSPS) is 11.7. The van der Waals surface area contributed by atoms with E-state index in [1.165, 1.54) is 12.1 Å². The van der Waals surface area contributed by atoms with Crippen molar-refractivity contribution < 1.29 is 13.9 Å². The quantitative estimate of drug-likeness (QED) is 0.785. The van der Waals surface area contributed by atoms with Crippen LogP contribution >= 0.6 is 0 Å². The van der Waals surface area contributed by atoms with Crippen LogP contribution in [0.2, 0.25) is 0 Å². The molecule has 5 heteroatoms. The Balaban J connectivity index is 1.95. The summed E-state index contributed by atoms with van der Waals surface area (Å²) in [6, 6.07) is 13.4. The van der Waals surface area contributed by atoms with Crippen molar-refractivity contribution in [3.8, 4) is 5.75 Å². The van der Waals surface area contributed by atoms with Gasteiger partial charge in [-0.1, -0.05) is 25.1 Å². The summed E-state index contributed by atoms with van der Waals surface area (Å²) in [6.07, 6.45) is 0.942. The third-order valence-electron chi connectivity index (χ3n) is 3.75. The predicted molar refractivity (Wildman–Crippen MR) is 98.2 cm³/mol. The van der Waals surface area contributed by atoms with E-state index in [9.17, 15) is 9.18 Å². The summed E-state index contributed by atoms with van der Waals surface area (Å²) in [7, 11) is 1.71. The summed E-state index contributed by atoms with van der Waals surface area (Å²) in [5, 5.41) is 3.19. The van der Waals surface area contributed by atoms with Crippen LogP contribution in [0.1, 0.15) is 25.8 Å². The first-order chi connectivity index (χ1) is 12.0. The summed E-state index contributed by atoms with van der Waals surface area (Å²) in [5.74, 6) is 0.414. The average Bonchev–Trinajstić information content (AvgIpc) is 2.59. The zero-order valence-electron chi connectivity index (χ0n) is 15.0. The predicted octanol–water partition coefficient (Wildman–Crippen LogP) is 4.07. The van der Waals surface area contributed by atoms with E-state index >= 15 is 0 Å². The molecule has 0 heterocycles. The Labute approximate surface area is 148 Å².